The van der Waals surface area contributed by atoms with Crippen LogP contribution < -0.4 is 0 Å². The molecule has 0 atom stereocenters. The Labute approximate surface area is 141 Å². The van der Waals surface area contributed by atoms with Gasteiger partial charge in [0.15, 0.2) is 11.6 Å². The van der Waals surface area contributed by atoms with Crippen LogP contribution in [0.5, 0.6) is 0 Å². The monoisotopic (exact) mass is 335 g/mol. The van der Waals surface area contributed by atoms with Gasteiger partial charge in [0.1, 0.15) is 10.8 Å². The molecule has 0 bridgehead atoms. The van der Waals surface area contributed by atoms with E-state index in [1.54, 1.807) is 41.8 Å². The van der Waals surface area contributed by atoms with Crippen molar-refractivity contribution in [1.29, 1.82) is 0 Å². The van der Waals surface area contributed by atoms with Crippen LogP contribution in [0.2, 0.25) is 0 Å². The zero-order valence-electron chi connectivity index (χ0n) is 12.3. The van der Waals surface area contributed by atoms with Crippen molar-refractivity contribution in [3.05, 3.63) is 82.1 Å². The Hall–Kier alpha value is -2.92. The third kappa shape index (κ3) is 2.39. The SMILES string of the molecule is O=C1C(=Cc2csc(-c3ccc(F)cc3)n2)C(=O)c2ccccc21. The number of allylic oxidation sites excluding steroid dienone is 1. The smallest absolute Gasteiger partial charge is 0.197 e. The molecular weight excluding hydrogens is 325 g/mol. The molecule has 0 fully saturated rings. The van der Waals surface area contributed by atoms with Crippen LogP contribution in [0, 0.1) is 5.82 Å². The normalized spacial score (nSPS) is 13.3. The summed E-state index contributed by atoms with van der Waals surface area (Å²) in [5.74, 6) is -0.851. The van der Waals surface area contributed by atoms with E-state index in [-0.39, 0.29) is 23.0 Å². The van der Waals surface area contributed by atoms with Crippen molar-refractivity contribution in [3.63, 3.8) is 0 Å². The molecule has 2 aromatic carbocycles. The van der Waals surface area contributed by atoms with E-state index in [0.717, 1.165) is 5.56 Å². The summed E-state index contributed by atoms with van der Waals surface area (Å²) in [6.45, 7) is 0. The number of aromatic nitrogens is 1. The second-order valence-electron chi connectivity index (χ2n) is 5.35. The number of Topliss-reactive ketones (excluding diaryl/α,β-unsaturated/α-hetero) is 2. The maximum absolute atomic E-state index is 13.0. The number of nitrogens with zero attached hydrogens (tertiary/aromatic N) is 1. The van der Waals surface area contributed by atoms with E-state index in [1.165, 1.54) is 29.5 Å². The standard InChI is InChI=1S/C19H10FNO2S/c20-12-7-5-11(6-8-12)19-21-13(10-24-19)9-16-17(22)14-3-1-2-4-15(14)18(16)23/h1-10H. The van der Waals surface area contributed by atoms with Gasteiger partial charge in [-0.2, -0.15) is 0 Å². The predicted molar refractivity (Wildman–Crippen MR) is 90.6 cm³/mol. The number of rotatable bonds is 2. The van der Waals surface area contributed by atoms with E-state index in [1.807, 2.05) is 0 Å². The van der Waals surface area contributed by atoms with Crippen LogP contribution in [0.4, 0.5) is 4.39 Å². The second-order valence-corrected chi connectivity index (χ2v) is 6.20. The average molecular weight is 335 g/mol. The van der Waals surface area contributed by atoms with Crippen LogP contribution in [-0.2, 0) is 0 Å². The molecule has 24 heavy (non-hydrogen) atoms. The largest absolute Gasteiger partial charge is 0.288 e. The topological polar surface area (TPSA) is 47.0 Å². The molecule has 0 saturated carbocycles. The summed E-state index contributed by atoms with van der Waals surface area (Å²) < 4.78 is 13.0. The van der Waals surface area contributed by atoms with Gasteiger partial charge in [0.05, 0.1) is 11.3 Å². The van der Waals surface area contributed by atoms with Crippen molar-refractivity contribution in [2.75, 3.05) is 0 Å². The average Bonchev–Trinajstić information content (AvgIpc) is 3.16. The molecule has 4 rings (SSSR count). The molecule has 1 aliphatic rings. The first-order valence-corrected chi connectivity index (χ1v) is 8.13. The van der Waals surface area contributed by atoms with Crippen LogP contribution in [-0.4, -0.2) is 16.6 Å². The Morgan fingerprint density at radius 2 is 1.54 bits per heavy atom. The van der Waals surface area contributed by atoms with Crippen LogP contribution in [0.3, 0.4) is 0 Å². The number of benzene rings is 2. The first-order valence-electron chi connectivity index (χ1n) is 7.25. The highest BCUT2D eigenvalue weighted by molar-refractivity contribution is 7.13. The maximum atomic E-state index is 13.0. The summed E-state index contributed by atoms with van der Waals surface area (Å²) in [4.78, 5) is 29.2. The summed E-state index contributed by atoms with van der Waals surface area (Å²) in [5, 5.41) is 2.48. The van der Waals surface area contributed by atoms with E-state index < -0.39 is 0 Å². The molecule has 0 saturated heterocycles. The van der Waals surface area contributed by atoms with Gasteiger partial charge in [-0.1, -0.05) is 24.3 Å². The fourth-order valence-corrected chi connectivity index (χ4v) is 3.41. The van der Waals surface area contributed by atoms with Gasteiger partial charge < -0.3 is 0 Å². The van der Waals surface area contributed by atoms with Gasteiger partial charge >= 0.3 is 0 Å². The Kier molecular flexibility index (Phi) is 3.43. The molecule has 0 amide bonds. The molecule has 0 unspecified atom stereocenters. The van der Waals surface area contributed by atoms with E-state index in [0.29, 0.717) is 21.8 Å². The van der Waals surface area contributed by atoms with Crippen molar-refractivity contribution in [1.82, 2.24) is 4.98 Å². The number of carbonyl (C=O) groups excluding carboxylic acids is 2. The van der Waals surface area contributed by atoms with Crippen molar-refractivity contribution >= 4 is 29.0 Å². The fourth-order valence-electron chi connectivity index (χ4n) is 2.63. The van der Waals surface area contributed by atoms with E-state index >= 15 is 0 Å². The van der Waals surface area contributed by atoms with Crippen LogP contribution in [0.1, 0.15) is 26.4 Å². The van der Waals surface area contributed by atoms with E-state index in [9.17, 15) is 14.0 Å². The second kappa shape index (κ2) is 5.62. The molecule has 0 radical (unpaired) electrons. The Morgan fingerprint density at radius 1 is 0.917 bits per heavy atom. The van der Waals surface area contributed by atoms with Crippen molar-refractivity contribution in [3.8, 4) is 10.6 Å². The van der Waals surface area contributed by atoms with Gasteiger partial charge in [0.2, 0.25) is 0 Å². The quantitative estimate of drug-likeness (QED) is 0.515. The molecule has 3 aromatic rings. The highest BCUT2D eigenvalue weighted by Gasteiger charge is 2.32. The minimum Gasteiger partial charge on any atom is -0.288 e. The number of carbonyl (C=O) groups is 2. The fraction of sp³-hybridized carbons (Fsp3) is 0. The Morgan fingerprint density at radius 3 is 2.17 bits per heavy atom. The molecule has 1 heterocycles. The van der Waals surface area contributed by atoms with Gasteiger partial charge in [-0.05, 0) is 30.3 Å². The molecule has 116 valence electrons. The minimum atomic E-state index is -0.308. The van der Waals surface area contributed by atoms with Crippen molar-refractivity contribution in [2.45, 2.75) is 0 Å². The van der Waals surface area contributed by atoms with Crippen LogP contribution in [0.15, 0.2) is 59.5 Å². The first-order chi connectivity index (χ1) is 11.6. The molecule has 0 aliphatic heterocycles. The molecular formula is C19H10FNO2S. The Bertz CT molecular complexity index is 965. The molecule has 1 aliphatic carbocycles. The van der Waals surface area contributed by atoms with Crippen molar-refractivity contribution < 1.29 is 14.0 Å². The summed E-state index contributed by atoms with van der Waals surface area (Å²) in [7, 11) is 0. The van der Waals surface area contributed by atoms with Gasteiger partial charge in [-0.15, -0.1) is 11.3 Å². The third-order valence-electron chi connectivity index (χ3n) is 3.81. The van der Waals surface area contributed by atoms with Gasteiger partial charge in [0.25, 0.3) is 0 Å². The zero-order chi connectivity index (χ0) is 16.7. The predicted octanol–water partition coefficient (Wildman–Crippen LogP) is 4.41. The summed E-state index contributed by atoms with van der Waals surface area (Å²) in [6.07, 6.45) is 1.52. The van der Waals surface area contributed by atoms with E-state index in [2.05, 4.69) is 4.98 Å². The molecule has 0 N–H and O–H groups in total. The summed E-state index contributed by atoms with van der Waals surface area (Å²) in [6, 6.07) is 12.8. The number of hydrogen-bond donors (Lipinski definition) is 0. The zero-order valence-corrected chi connectivity index (χ0v) is 13.1. The first kappa shape index (κ1) is 14.7. The van der Waals surface area contributed by atoms with Gasteiger partial charge in [0, 0.05) is 22.1 Å². The number of fused-ring (bicyclic) bond motifs is 1. The van der Waals surface area contributed by atoms with Crippen LogP contribution >= 0.6 is 11.3 Å². The Balaban J connectivity index is 1.69. The highest BCUT2D eigenvalue weighted by Crippen LogP contribution is 2.29. The highest BCUT2D eigenvalue weighted by atomic mass is 32.1. The number of ketones is 2. The van der Waals surface area contributed by atoms with Crippen molar-refractivity contribution in [2.24, 2.45) is 0 Å². The lowest BCUT2D eigenvalue weighted by atomic mass is 10.1. The summed E-state index contributed by atoms with van der Waals surface area (Å²) >= 11 is 1.38. The lowest BCUT2D eigenvalue weighted by Gasteiger charge is -1.95. The number of thiazole rings is 1. The minimum absolute atomic E-state index is 0.132. The molecule has 3 nitrogen and oxygen atoms in total. The maximum Gasteiger partial charge on any atom is 0.197 e. The molecule has 5 heteroatoms. The lowest BCUT2D eigenvalue weighted by molar-refractivity contribution is 0.0990. The van der Waals surface area contributed by atoms with Crippen LogP contribution in [0.25, 0.3) is 16.6 Å². The lowest BCUT2D eigenvalue weighted by Crippen LogP contribution is -2.00. The van der Waals surface area contributed by atoms with E-state index in [4.69, 9.17) is 0 Å². The molecule has 1 aromatic heterocycles. The van der Waals surface area contributed by atoms with Gasteiger partial charge in [-0.25, -0.2) is 9.37 Å². The summed E-state index contributed by atoms with van der Waals surface area (Å²) in [5.41, 5.74) is 2.33. The molecule has 0 spiro atoms. The van der Waals surface area contributed by atoms with Gasteiger partial charge in [-0.3, -0.25) is 9.59 Å². The number of halogens is 1. The third-order valence-corrected chi connectivity index (χ3v) is 4.72. The number of hydrogen-bond acceptors (Lipinski definition) is 4.